The number of nitrogens with two attached hydrogens (primary N) is 1. The molecule has 0 saturated carbocycles. The number of amidine groups is 1. The fraction of sp³-hybridized carbons (Fsp3) is 0.583. The first-order valence-corrected chi connectivity index (χ1v) is 6.28. The van der Waals surface area contributed by atoms with E-state index in [1.165, 1.54) is 0 Å². The van der Waals surface area contributed by atoms with Crippen molar-refractivity contribution in [2.24, 2.45) is 16.8 Å². The summed E-state index contributed by atoms with van der Waals surface area (Å²) < 4.78 is 0. The van der Waals surface area contributed by atoms with Gasteiger partial charge in [-0.1, -0.05) is 12.1 Å². The van der Waals surface area contributed by atoms with Crippen molar-refractivity contribution in [1.29, 1.82) is 0 Å². The van der Waals surface area contributed by atoms with Crippen LogP contribution in [-0.2, 0) is 0 Å². The summed E-state index contributed by atoms with van der Waals surface area (Å²) in [5.74, 6) is 0.867. The Balaban J connectivity index is 2.37. The number of aliphatic hydroxyl groups excluding tert-OH is 1. The highest BCUT2D eigenvalue weighted by Crippen LogP contribution is 2.27. The average molecular weight is 265 g/mol. The van der Waals surface area contributed by atoms with Crippen molar-refractivity contribution in [2.45, 2.75) is 26.3 Å². The SMILES string of the molecule is Cc1cc(/C(N)=N/O)nc(N2CCC(C)C2CO)n1. The molecule has 0 amide bonds. The number of anilines is 1. The number of rotatable bonds is 3. The van der Waals surface area contributed by atoms with Crippen molar-refractivity contribution >= 4 is 11.8 Å². The molecule has 1 aliphatic rings. The fourth-order valence-electron chi connectivity index (χ4n) is 2.40. The Morgan fingerprint density at radius 1 is 1.58 bits per heavy atom. The van der Waals surface area contributed by atoms with Gasteiger partial charge in [0, 0.05) is 12.2 Å². The molecule has 0 aromatic carbocycles. The minimum absolute atomic E-state index is 0.0157. The lowest BCUT2D eigenvalue weighted by Gasteiger charge is -2.25. The van der Waals surface area contributed by atoms with Gasteiger partial charge < -0.3 is 20.9 Å². The van der Waals surface area contributed by atoms with Crippen LogP contribution in [0.2, 0.25) is 0 Å². The molecule has 1 fully saturated rings. The van der Waals surface area contributed by atoms with E-state index in [9.17, 15) is 5.11 Å². The van der Waals surface area contributed by atoms with Crippen LogP contribution in [0.1, 0.15) is 24.7 Å². The molecule has 7 nitrogen and oxygen atoms in total. The van der Waals surface area contributed by atoms with E-state index in [1.54, 1.807) is 6.07 Å². The van der Waals surface area contributed by atoms with Crippen molar-refractivity contribution in [2.75, 3.05) is 18.1 Å². The van der Waals surface area contributed by atoms with Crippen LogP contribution in [0.15, 0.2) is 11.2 Å². The van der Waals surface area contributed by atoms with Crippen molar-refractivity contribution in [3.8, 4) is 0 Å². The van der Waals surface area contributed by atoms with E-state index in [2.05, 4.69) is 22.0 Å². The normalized spacial score (nSPS) is 23.9. The third kappa shape index (κ3) is 2.60. The molecule has 1 aliphatic heterocycles. The molecule has 104 valence electrons. The molecule has 0 bridgehead atoms. The number of aromatic nitrogens is 2. The minimum atomic E-state index is -0.0421. The van der Waals surface area contributed by atoms with E-state index in [0.717, 1.165) is 18.7 Å². The zero-order valence-electron chi connectivity index (χ0n) is 11.1. The maximum atomic E-state index is 9.48. The molecule has 7 heteroatoms. The van der Waals surface area contributed by atoms with Crippen molar-refractivity contribution in [3.05, 3.63) is 17.5 Å². The van der Waals surface area contributed by atoms with E-state index in [0.29, 0.717) is 17.6 Å². The third-order valence-electron chi connectivity index (χ3n) is 3.54. The van der Waals surface area contributed by atoms with Gasteiger partial charge in [0.15, 0.2) is 5.84 Å². The number of hydrogen-bond donors (Lipinski definition) is 3. The summed E-state index contributed by atoms with van der Waals surface area (Å²) in [4.78, 5) is 10.7. The van der Waals surface area contributed by atoms with Gasteiger partial charge in [0.1, 0.15) is 5.69 Å². The Hall–Kier alpha value is -1.89. The maximum Gasteiger partial charge on any atom is 0.226 e. The number of aliphatic hydroxyl groups is 1. The Bertz CT molecular complexity index is 491. The standard InChI is InChI=1S/C12H19N5O2/c1-7-3-4-17(10(7)6-18)12-14-8(2)5-9(15-12)11(13)16-19/h5,7,10,18-19H,3-4,6H2,1-2H3,(H2,13,16). The van der Waals surface area contributed by atoms with E-state index >= 15 is 0 Å². The lowest BCUT2D eigenvalue weighted by atomic mass is 10.0. The smallest absolute Gasteiger partial charge is 0.226 e. The topological polar surface area (TPSA) is 108 Å². The Labute approximate surface area is 111 Å². The molecule has 1 aromatic heterocycles. The summed E-state index contributed by atoms with van der Waals surface area (Å²) in [6, 6.07) is 1.67. The quantitative estimate of drug-likeness (QED) is 0.309. The zero-order valence-corrected chi connectivity index (χ0v) is 11.1. The monoisotopic (exact) mass is 265 g/mol. The van der Waals surface area contributed by atoms with Crippen LogP contribution in [-0.4, -0.2) is 45.3 Å². The zero-order chi connectivity index (χ0) is 14.0. The van der Waals surface area contributed by atoms with Crippen LogP contribution in [0.4, 0.5) is 5.95 Å². The lowest BCUT2D eigenvalue weighted by molar-refractivity contribution is 0.244. The van der Waals surface area contributed by atoms with Crippen LogP contribution in [0, 0.1) is 12.8 Å². The van der Waals surface area contributed by atoms with Gasteiger partial charge >= 0.3 is 0 Å². The number of aryl methyl sites for hydroxylation is 1. The van der Waals surface area contributed by atoms with Gasteiger partial charge in [-0.25, -0.2) is 9.97 Å². The molecular weight excluding hydrogens is 246 g/mol. The Kier molecular flexibility index (Phi) is 3.84. The fourth-order valence-corrected chi connectivity index (χ4v) is 2.40. The summed E-state index contributed by atoms with van der Waals surface area (Å²) in [6.07, 6.45) is 0.988. The van der Waals surface area contributed by atoms with E-state index in [-0.39, 0.29) is 18.5 Å². The summed E-state index contributed by atoms with van der Waals surface area (Å²) in [5, 5.41) is 21.2. The van der Waals surface area contributed by atoms with Crippen molar-refractivity contribution < 1.29 is 10.3 Å². The average Bonchev–Trinajstić information content (AvgIpc) is 2.78. The predicted molar refractivity (Wildman–Crippen MR) is 71.3 cm³/mol. The highest BCUT2D eigenvalue weighted by molar-refractivity contribution is 5.95. The molecule has 1 saturated heterocycles. The Morgan fingerprint density at radius 2 is 2.32 bits per heavy atom. The van der Waals surface area contributed by atoms with Gasteiger partial charge in [0.05, 0.1) is 12.6 Å². The molecule has 2 rings (SSSR count). The minimum Gasteiger partial charge on any atom is -0.409 e. The van der Waals surface area contributed by atoms with Gasteiger partial charge in [-0.05, 0) is 25.3 Å². The van der Waals surface area contributed by atoms with Gasteiger partial charge in [-0.3, -0.25) is 0 Å². The van der Waals surface area contributed by atoms with Crippen LogP contribution in [0.5, 0.6) is 0 Å². The molecule has 2 heterocycles. The molecule has 4 N–H and O–H groups in total. The van der Waals surface area contributed by atoms with E-state index in [4.69, 9.17) is 10.9 Å². The number of hydrogen-bond acceptors (Lipinski definition) is 6. The highest BCUT2D eigenvalue weighted by atomic mass is 16.4. The number of oxime groups is 1. The van der Waals surface area contributed by atoms with E-state index in [1.807, 2.05) is 11.8 Å². The maximum absolute atomic E-state index is 9.48. The first-order chi connectivity index (χ1) is 9.06. The molecule has 19 heavy (non-hydrogen) atoms. The first kappa shape index (κ1) is 13.5. The summed E-state index contributed by atoms with van der Waals surface area (Å²) >= 11 is 0. The first-order valence-electron chi connectivity index (χ1n) is 6.28. The molecule has 1 aromatic rings. The summed E-state index contributed by atoms with van der Waals surface area (Å²) in [5.41, 5.74) is 6.70. The van der Waals surface area contributed by atoms with Gasteiger partial charge in [0.2, 0.25) is 5.95 Å². The second-order valence-corrected chi connectivity index (χ2v) is 4.89. The van der Waals surface area contributed by atoms with Gasteiger partial charge in [-0.15, -0.1) is 0 Å². The number of nitrogens with zero attached hydrogens (tertiary/aromatic N) is 4. The van der Waals surface area contributed by atoms with Crippen LogP contribution in [0.25, 0.3) is 0 Å². The molecule has 0 spiro atoms. The van der Waals surface area contributed by atoms with E-state index < -0.39 is 0 Å². The highest BCUT2D eigenvalue weighted by Gasteiger charge is 2.32. The molecule has 0 aliphatic carbocycles. The van der Waals surface area contributed by atoms with Gasteiger partial charge in [0.25, 0.3) is 0 Å². The molecule has 2 atom stereocenters. The second kappa shape index (κ2) is 5.40. The second-order valence-electron chi connectivity index (χ2n) is 4.89. The van der Waals surface area contributed by atoms with Crippen LogP contribution >= 0.6 is 0 Å². The third-order valence-corrected chi connectivity index (χ3v) is 3.54. The van der Waals surface area contributed by atoms with Gasteiger partial charge in [-0.2, -0.15) is 0 Å². The van der Waals surface area contributed by atoms with Crippen LogP contribution < -0.4 is 10.6 Å². The molecular formula is C12H19N5O2. The largest absolute Gasteiger partial charge is 0.409 e. The molecule has 2 unspecified atom stereocenters. The van der Waals surface area contributed by atoms with Crippen molar-refractivity contribution in [3.63, 3.8) is 0 Å². The Morgan fingerprint density at radius 3 is 2.95 bits per heavy atom. The summed E-state index contributed by atoms with van der Waals surface area (Å²) in [7, 11) is 0. The lowest BCUT2D eigenvalue weighted by Crippen LogP contribution is -2.36. The predicted octanol–water partition coefficient (Wildman–Crippen LogP) is 0.0866. The van der Waals surface area contributed by atoms with Crippen molar-refractivity contribution in [1.82, 2.24) is 9.97 Å². The molecule has 0 radical (unpaired) electrons. The van der Waals surface area contributed by atoms with Crippen LogP contribution in [0.3, 0.4) is 0 Å². The summed E-state index contributed by atoms with van der Waals surface area (Å²) in [6.45, 7) is 4.79.